The molecule has 3 heterocycles. The molecule has 0 saturated carbocycles. The van der Waals surface area contributed by atoms with Gasteiger partial charge in [0.15, 0.2) is 5.78 Å². The van der Waals surface area contributed by atoms with Crippen LogP contribution >= 0.6 is 0 Å². The molecule has 2 aliphatic rings. The van der Waals surface area contributed by atoms with E-state index in [1.165, 1.54) is 16.9 Å². The number of H-pyrrole nitrogens is 1. The zero-order valence-electron chi connectivity index (χ0n) is 25.0. The van der Waals surface area contributed by atoms with Crippen molar-refractivity contribution >= 4 is 29.9 Å². The first-order chi connectivity index (χ1) is 19.0. The van der Waals surface area contributed by atoms with Crippen molar-refractivity contribution in [2.24, 2.45) is 5.92 Å². The first-order valence-electron chi connectivity index (χ1n) is 13.3. The Balaban J connectivity index is 0.000000290. The number of methoxy groups -OCH3 is 1. The number of likely N-dealkylation sites (tertiary alicyclic amines) is 1. The molecule has 3 rings (SSSR count). The van der Waals surface area contributed by atoms with Crippen molar-refractivity contribution in [3.05, 3.63) is 27.4 Å². The molecular weight excluding hydrogens is 540 g/mol. The number of carbonyl (C=O) groups excluding carboxylic acids is 5. The summed E-state index contributed by atoms with van der Waals surface area (Å²) < 4.78 is 19.9. The third-order valence-corrected chi connectivity index (χ3v) is 5.75. The lowest BCUT2D eigenvalue weighted by Gasteiger charge is -2.31. The molecule has 0 aromatic carbocycles. The molecule has 1 unspecified atom stereocenters. The second-order valence-electron chi connectivity index (χ2n) is 11.4. The van der Waals surface area contributed by atoms with E-state index in [1.54, 1.807) is 48.5 Å². The average molecular weight is 581 g/mol. The number of carbonyl (C=O) groups is 5. The maximum absolute atomic E-state index is 12.1. The fraction of sp³-hybridized carbons (Fsp3) is 0.667. The molecule has 1 aromatic heterocycles. The fourth-order valence-electron chi connectivity index (χ4n) is 3.91. The third kappa shape index (κ3) is 9.87. The molecule has 0 bridgehead atoms. The number of aromatic amines is 1. The third-order valence-electron chi connectivity index (χ3n) is 5.75. The number of rotatable bonds is 3. The van der Waals surface area contributed by atoms with Gasteiger partial charge in [0.25, 0.3) is 5.56 Å². The van der Waals surface area contributed by atoms with Gasteiger partial charge in [0, 0.05) is 18.7 Å². The molecule has 2 aliphatic heterocycles. The highest BCUT2D eigenvalue weighted by Crippen LogP contribution is 2.19. The number of nitrogens with zero attached hydrogens (tertiary/aromatic N) is 3. The van der Waals surface area contributed by atoms with Crippen molar-refractivity contribution < 1.29 is 42.9 Å². The van der Waals surface area contributed by atoms with E-state index >= 15 is 0 Å². The Bertz CT molecular complexity index is 1210. The minimum Gasteiger partial charge on any atom is -0.465 e. The van der Waals surface area contributed by atoms with Crippen molar-refractivity contribution in [3.8, 4) is 0 Å². The molecule has 0 radical (unpaired) electrons. The van der Waals surface area contributed by atoms with Crippen LogP contribution < -0.4 is 5.56 Å². The van der Waals surface area contributed by atoms with Crippen LogP contribution in [0.2, 0.25) is 0 Å². The second kappa shape index (κ2) is 13.6. The SMILES string of the molecule is CCOC(=O)C1CCN(C(=O)OC(C)(C)C)CC1=O.COC(=O)c1nc2c(c(=O)[nH]1)CCN(C(=O)OC(C)(C)C)C2. The molecule has 1 N–H and O–H groups in total. The van der Waals surface area contributed by atoms with Crippen LogP contribution in [0.15, 0.2) is 4.79 Å². The van der Waals surface area contributed by atoms with Crippen molar-refractivity contribution in [1.82, 2.24) is 19.8 Å². The quantitative estimate of drug-likeness (QED) is 0.315. The van der Waals surface area contributed by atoms with E-state index in [0.717, 1.165) is 0 Å². The minimum absolute atomic E-state index is 0.0988. The van der Waals surface area contributed by atoms with Crippen LogP contribution in [0.4, 0.5) is 9.59 Å². The molecule has 41 heavy (non-hydrogen) atoms. The van der Waals surface area contributed by atoms with E-state index in [-0.39, 0.29) is 43.3 Å². The molecule has 1 atom stereocenters. The summed E-state index contributed by atoms with van der Waals surface area (Å²) in [4.78, 5) is 80.0. The van der Waals surface area contributed by atoms with Crippen LogP contribution in [-0.4, -0.2) is 94.2 Å². The highest BCUT2D eigenvalue weighted by Gasteiger charge is 2.36. The summed E-state index contributed by atoms with van der Waals surface area (Å²) in [7, 11) is 1.20. The number of Topliss-reactive ketones (excluding diaryl/α,β-unsaturated/α-hetero) is 1. The van der Waals surface area contributed by atoms with Gasteiger partial charge in [0.1, 0.15) is 17.1 Å². The average Bonchev–Trinajstić information content (AvgIpc) is 2.86. The van der Waals surface area contributed by atoms with E-state index in [0.29, 0.717) is 30.8 Å². The molecule has 14 heteroatoms. The Hall–Kier alpha value is -3.97. The molecule has 1 aromatic rings. The lowest BCUT2D eigenvalue weighted by molar-refractivity contribution is -0.153. The van der Waals surface area contributed by atoms with Gasteiger partial charge in [-0.3, -0.25) is 14.4 Å². The molecule has 1 fully saturated rings. The number of hydrogen-bond acceptors (Lipinski definition) is 11. The summed E-state index contributed by atoms with van der Waals surface area (Å²) in [5.74, 6) is -2.45. The fourth-order valence-corrected chi connectivity index (χ4v) is 3.91. The summed E-state index contributed by atoms with van der Waals surface area (Å²) in [5, 5.41) is 0. The monoisotopic (exact) mass is 580 g/mol. The summed E-state index contributed by atoms with van der Waals surface area (Å²) in [6, 6.07) is 0. The summed E-state index contributed by atoms with van der Waals surface area (Å²) >= 11 is 0. The predicted octanol–water partition coefficient (Wildman–Crippen LogP) is 2.23. The number of amides is 2. The smallest absolute Gasteiger partial charge is 0.410 e. The van der Waals surface area contributed by atoms with Crippen molar-refractivity contribution in [3.63, 3.8) is 0 Å². The van der Waals surface area contributed by atoms with Crippen molar-refractivity contribution in [2.75, 3.05) is 33.4 Å². The number of hydrogen-bond donors (Lipinski definition) is 1. The Kier molecular flexibility index (Phi) is 11.0. The zero-order valence-corrected chi connectivity index (χ0v) is 25.0. The summed E-state index contributed by atoms with van der Waals surface area (Å²) in [6.07, 6.45) is -0.349. The zero-order chi connectivity index (χ0) is 31.1. The van der Waals surface area contributed by atoms with Gasteiger partial charge >= 0.3 is 24.1 Å². The lowest BCUT2D eigenvalue weighted by Crippen LogP contribution is -2.48. The van der Waals surface area contributed by atoms with Gasteiger partial charge in [-0.2, -0.15) is 0 Å². The van der Waals surface area contributed by atoms with E-state index < -0.39 is 41.2 Å². The van der Waals surface area contributed by atoms with Crippen molar-refractivity contribution in [2.45, 2.75) is 79.1 Å². The van der Waals surface area contributed by atoms with Gasteiger partial charge in [-0.1, -0.05) is 0 Å². The first-order valence-corrected chi connectivity index (χ1v) is 13.3. The molecule has 228 valence electrons. The van der Waals surface area contributed by atoms with Crippen LogP contribution in [0.25, 0.3) is 0 Å². The number of ether oxygens (including phenoxy) is 4. The largest absolute Gasteiger partial charge is 0.465 e. The molecule has 0 spiro atoms. The Morgan fingerprint density at radius 3 is 1.98 bits per heavy atom. The maximum atomic E-state index is 12.1. The van der Waals surface area contributed by atoms with Crippen molar-refractivity contribution in [1.29, 1.82) is 0 Å². The number of aromatic nitrogens is 2. The minimum atomic E-state index is -0.751. The molecular formula is C27H40N4O10. The Morgan fingerprint density at radius 1 is 0.927 bits per heavy atom. The van der Waals surface area contributed by atoms with E-state index in [2.05, 4.69) is 14.7 Å². The normalized spacial score (nSPS) is 17.0. The van der Waals surface area contributed by atoms with Gasteiger partial charge in [-0.15, -0.1) is 0 Å². The molecule has 0 aliphatic carbocycles. The first kappa shape index (κ1) is 33.2. The van der Waals surface area contributed by atoms with Crippen LogP contribution in [-0.2, 0) is 41.5 Å². The molecule has 2 amide bonds. The highest BCUT2D eigenvalue weighted by atomic mass is 16.6. The van der Waals surface area contributed by atoms with Gasteiger partial charge in [-0.05, 0) is 61.3 Å². The van der Waals surface area contributed by atoms with E-state index in [9.17, 15) is 28.8 Å². The topological polar surface area (TPSA) is 174 Å². The van der Waals surface area contributed by atoms with Gasteiger partial charge in [0.05, 0.1) is 32.5 Å². The summed E-state index contributed by atoms with van der Waals surface area (Å²) in [5.41, 5.74) is -0.711. The van der Waals surface area contributed by atoms with Crippen LogP contribution in [0.5, 0.6) is 0 Å². The number of fused-ring (bicyclic) bond motifs is 1. The Morgan fingerprint density at radius 2 is 1.49 bits per heavy atom. The van der Waals surface area contributed by atoms with E-state index in [1.807, 2.05) is 0 Å². The standard InChI is InChI=1S/C14H19N3O5.C13H21NO5/c1-14(2,3)22-13(20)17-6-5-8-9(7-17)15-10(12(19)21-4)16-11(8)18;1-5-18-11(16)9-6-7-14(8-10(9)15)12(17)19-13(2,3)4/h5-7H2,1-4H3,(H,15,16,18);9H,5-8H2,1-4H3. The lowest BCUT2D eigenvalue weighted by atomic mass is 9.96. The van der Waals surface area contributed by atoms with Crippen LogP contribution in [0.1, 0.15) is 76.8 Å². The van der Waals surface area contributed by atoms with Crippen LogP contribution in [0, 0.1) is 5.92 Å². The van der Waals surface area contributed by atoms with Gasteiger partial charge in [-0.25, -0.2) is 19.4 Å². The molecule has 1 saturated heterocycles. The van der Waals surface area contributed by atoms with Crippen LogP contribution in [0.3, 0.4) is 0 Å². The number of piperidine rings is 1. The highest BCUT2D eigenvalue weighted by molar-refractivity contribution is 6.01. The van der Waals surface area contributed by atoms with E-state index in [4.69, 9.17) is 14.2 Å². The number of ketones is 1. The predicted molar refractivity (Wildman–Crippen MR) is 144 cm³/mol. The molecule has 14 nitrogen and oxygen atoms in total. The van der Waals surface area contributed by atoms with Gasteiger partial charge < -0.3 is 33.7 Å². The number of nitrogens with one attached hydrogen (secondary N) is 1. The number of esters is 2. The second-order valence-corrected chi connectivity index (χ2v) is 11.4. The van der Waals surface area contributed by atoms with Gasteiger partial charge in [0.2, 0.25) is 5.82 Å². The summed E-state index contributed by atoms with van der Waals surface area (Å²) in [6.45, 7) is 13.3. The Labute approximate surface area is 238 Å². The maximum Gasteiger partial charge on any atom is 0.410 e.